The molecule has 4 aromatic rings. The van der Waals surface area contributed by atoms with Crippen LogP contribution in [0.2, 0.25) is 0 Å². The number of anilines is 2. The molecule has 2 heterocycles. The average molecular weight is 367 g/mol. The molecule has 7 heteroatoms. The molecule has 0 fully saturated rings. The van der Waals surface area contributed by atoms with Crippen molar-refractivity contribution in [2.45, 2.75) is 6.92 Å². The monoisotopic (exact) mass is 367 g/mol. The maximum atomic E-state index is 13.8. The second-order valence-corrected chi connectivity index (χ2v) is 6.55. The van der Waals surface area contributed by atoms with Crippen LogP contribution in [-0.4, -0.2) is 10.1 Å². The normalized spacial score (nSPS) is 10.8. The molecular weight excluding hydrogens is 353 g/mol. The highest BCUT2D eigenvalue weighted by atomic mass is 32.1. The number of para-hydroxylation sites is 1. The molecule has 0 saturated heterocycles. The topological polar surface area (TPSA) is 70.9 Å². The van der Waals surface area contributed by atoms with Crippen LogP contribution < -0.4 is 10.9 Å². The van der Waals surface area contributed by atoms with Crippen LogP contribution in [0.3, 0.4) is 0 Å². The Morgan fingerprint density at radius 3 is 2.73 bits per heavy atom. The first-order chi connectivity index (χ1) is 12.6. The molecule has 2 aromatic heterocycles. The third-order valence-corrected chi connectivity index (χ3v) is 4.70. The number of nitrogens with one attached hydrogen (secondary N) is 2. The van der Waals surface area contributed by atoms with Gasteiger partial charge in [-0.2, -0.15) is 5.16 Å². The highest BCUT2D eigenvalue weighted by Crippen LogP contribution is 2.30. The van der Waals surface area contributed by atoms with Gasteiger partial charge in [-0.3, -0.25) is 4.79 Å². The number of hydrogen-bond acceptors (Lipinski definition) is 5. The van der Waals surface area contributed by atoms with Crippen LogP contribution in [0.25, 0.3) is 22.4 Å². The maximum absolute atomic E-state index is 13.8. The number of aromatic amines is 1. The molecule has 4 rings (SSSR count). The van der Waals surface area contributed by atoms with E-state index in [4.69, 9.17) is 4.52 Å². The molecule has 0 saturated carbocycles. The van der Waals surface area contributed by atoms with Crippen molar-refractivity contribution in [3.8, 4) is 22.4 Å². The molecule has 2 N–H and O–H groups in total. The molecule has 0 bridgehead atoms. The second-order valence-electron chi connectivity index (χ2n) is 5.69. The predicted octanol–water partition coefficient (Wildman–Crippen LogP) is 4.95. The number of hydrogen-bond donors (Lipinski definition) is 2. The van der Waals surface area contributed by atoms with E-state index in [1.165, 1.54) is 17.4 Å². The van der Waals surface area contributed by atoms with Crippen LogP contribution in [0.4, 0.5) is 15.2 Å². The van der Waals surface area contributed by atoms with Gasteiger partial charge in [-0.15, -0.1) is 11.3 Å². The van der Waals surface area contributed by atoms with E-state index in [0.717, 1.165) is 16.8 Å². The van der Waals surface area contributed by atoms with E-state index in [0.29, 0.717) is 22.1 Å². The molecule has 5 nitrogen and oxygen atoms in total. The zero-order valence-corrected chi connectivity index (χ0v) is 14.6. The fourth-order valence-corrected chi connectivity index (χ4v) is 3.43. The van der Waals surface area contributed by atoms with Gasteiger partial charge in [-0.25, -0.2) is 9.37 Å². The molecule has 0 aliphatic carbocycles. The summed E-state index contributed by atoms with van der Waals surface area (Å²) in [5.74, 6) is 0.202. The Hall–Kier alpha value is -3.19. The van der Waals surface area contributed by atoms with Gasteiger partial charge < -0.3 is 9.84 Å². The van der Waals surface area contributed by atoms with Crippen molar-refractivity contribution in [2.24, 2.45) is 0 Å². The second kappa shape index (κ2) is 6.61. The van der Waals surface area contributed by atoms with Crippen molar-refractivity contribution >= 4 is 22.2 Å². The van der Waals surface area contributed by atoms with Gasteiger partial charge in [-0.1, -0.05) is 30.3 Å². The number of rotatable bonds is 4. The van der Waals surface area contributed by atoms with Crippen LogP contribution in [0, 0.1) is 12.7 Å². The lowest BCUT2D eigenvalue weighted by molar-refractivity contribution is 0.392. The Labute approximate surface area is 152 Å². The van der Waals surface area contributed by atoms with Gasteiger partial charge in [0, 0.05) is 10.9 Å². The largest absolute Gasteiger partial charge is 0.383 e. The van der Waals surface area contributed by atoms with E-state index in [2.05, 4.69) is 15.5 Å². The average Bonchev–Trinajstić information content (AvgIpc) is 3.24. The van der Waals surface area contributed by atoms with Crippen LogP contribution in [0.5, 0.6) is 0 Å². The molecule has 0 aliphatic rings. The molecule has 0 unspecified atom stereocenters. The van der Waals surface area contributed by atoms with Gasteiger partial charge in [-0.05, 0) is 30.7 Å². The number of aromatic nitrogens is 2. The molecule has 130 valence electrons. The lowest BCUT2D eigenvalue weighted by Crippen LogP contribution is -2.01. The number of aryl methyl sites for hydroxylation is 1. The first-order valence-electron chi connectivity index (χ1n) is 7.88. The van der Waals surface area contributed by atoms with E-state index in [9.17, 15) is 9.18 Å². The first kappa shape index (κ1) is 16.3. The number of H-pyrrole nitrogens is 1. The highest BCUT2D eigenvalue weighted by molar-refractivity contribution is 7.14. The lowest BCUT2D eigenvalue weighted by atomic mass is 10.0. The fraction of sp³-hybridized carbons (Fsp3) is 0.0526. The smallest absolute Gasteiger partial charge is 0.288 e. The molecule has 0 aliphatic heterocycles. The van der Waals surface area contributed by atoms with Crippen LogP contribution >= 0.6 is 11.3 Å². The molecular formula is C19H14FN3O2S. The van der Waals surface area contributed by atoms with Crippen molar-refractivity contribution in [3.63, 3.8) is 0 Å². The van der Waals surface area contributed by atoms with Gasteiger partial charge in [0.05, 0.1) is 16.9 Å². The molecule has 0 atom stereocenters. The fourth-order valence-electron chi connectivity index (χ4n) is 2.69. The predicted molar refractivity (Wildman–Crippen MR) is 100 cm³/mol. The van der Waals surface area contributed by atoms with Gasteiger partial charge in [0.15, 0.2) is 5.13 Å². The molecule has 26 heavy (non-hydrogen) atoms. The van der Waals surface area contributed by atoms with Crippen molar-refractivity contribution in [1.82, 2.24) is 10.1 Å². The number of benzene rings is 2. The van der Waals surface area contributed by atoms with Gasteiger partial charge in [0.2, 0.25) is 0 Å². The first-order valence-corrected chi connectivity index (χ1v) is 8.76. The van der Waals surface area contributed by atoms with Crippen molar-refractivity contribution < 1.29 is 8.91 Å². The standard InChI is InChI=1S/C19H14FN3O2S/c1-11-17(18(24)23-25-11)13-6-4-5-12(9-13)16-10-26-19(22-16)21-15-8-3-2-7-14(15)20/h2-10H,1H3,(H,21,22)(H,23,24). The van der Waals surface area contributed by atoms with Crippen LogP contribution in [0.15, 0.2) is 63.2 Å². The van der Waals surface area contributed by atoms with Gasteiger partial charge in [0.25, 0.3) is 5.56 Å². The van der Waals surface area contributed by atoms with Crippen LogP contribution in [0.1, 0.15) is 5.76 Å². The maximum Gasteiger partial charge on any atom is 0.288 e. The van der Waals surface area contributed by atoms with Gasteiger partial charge >= 0.3 is 0 Å². The lowest BCUT2D eigenvalue weighted by Gasteiger charge is -2.03. The Morgan fingerprint density at radius 2 is 1.96 bits per heavy atom. The van der Waals surface area contributed by atoms with E-state index in [1.807, 2.05) is 29.6 Å². The number of halogens is 1. The van der Waals surface area contributed by atoms with Crippen molar-refractivity contribution in [3.05, 3.63) is 75.8 Å². The molecule has 0 radical (unpaired) electrons. The zero-order chi connectivity index (χ0) is 18.1. The van der Waals surface area contributed by atoms with Gasteiger partial charge in [0.1, 0.15) is 11.6 Å². The highest BCUT2D eigenvalue weighted by Gasteiger charge is 2.13. The molecule has 2 aromatic carbocycles. The third-order valence-electron chi connectivity index (χ3n) is 3.94. The summed E-state index contributed by atoms with van der Waals surface area (Å²) in [7, 11) is 0. The minimum Gasteiger partial charge on any atom is -0.383 e. The Bertz CT molecular complexity index is 1130. The SMILES string of the molecule is Cc1o[nH]c(=O)c1-c1cccc(-c2csc(Nc3ccccc3F)n2)c1. The minimum atomic E-state index is -0.332. The summed E-state index contributed by atoms with van der Waals surface area (Å²) in [4.78, 5) is 16.4. The Balaban J connectivity index is 1.65. The summed E-state index contributed by atoms with van der Waals surface area (Å²) < 4.78 is 18.8. The van der Waals surface area contributed by atoms with Crippen molar-refractivity contribution in [1.29, 1.82) is 0 Å². The summed E-state index contributed by atoms with van der Waals surface area (Å²) in [6.07, 6.45) is 0. The minimum absolute atomic E-state index is 0.264. The number of nitrogens with zero attached hydrogens (tertiary/aromatic N) is 1. The summed E-state index contributed by atoms with van der Waals surface area (Å²) in [5.41, 5.74) is 2.98. The Morgan fingerprint density at radius 1 is 1.15 bits per heavy atom. The zero-order valence-electron chi connectivity index (χ0n) is 13.7. The summed E-state index contributed by atoms with van der Waals surface area (Å²) >= 11 is 1.38. The molecule has 0 spiro atoms. The van der Waals surface area contributed by atoms with E-state index in [1.54, 1.807) is 25.1 Å². The van der Waals surface area contributed by atoms with E-state index < -0.39 is 0 Å². The summed E-state index contributed by atoms with van der Waals surface area (Å²) in [6, 6.07) is 14.0. The van der Waals surface area contributed by atoms with Crippen LogP contribution in [-0.2, 0) is 0 Å². The summed E-state index contributed by atoms with van der Waals surface area (Å²) in [6.45, 7) is 1.74. The van der Waals surface area contributed by atoms with E-state index in [-0.39, 0.29) is 11.4 Å². The Kier molecular flexibility index (Phi) is 4.14. The van der Waals surface area contributed by atoms with E-state index >= 15 is 0 Å². The third kappa shape index (κ3) is 3.04. The molecule has 0 amide bonds. The number of thiazole rings is 1. The van der Waals surface area contributed by atoms with Crippen molar-refractivity contribution in [2.75, 3.05) is 5.32 Å². The summed E-state index contributed by atoms with van der Waals surface area (Å²) in [5, 5.41) is 7.80. The quantitative estimate of drug-likeness (QED) is 0.535.